The zero-order valence-electron chi connectivity index (χ0n) is 7.64. The molecule has 0 amide bonds. The molecule has 1 aliphatic rings. The van der Waals surface area contributed by atoms with E-state index in [2.05, 4.69) is 0 Å². The molecule has 4 nitrogen and oxygen atoms in total. The van der Waals surface area contributed by atoms with Gasteiger partial charge in [-0.15, -0.1) is 0 Å². The topological polar surface area (TPSA) is 59.3 Å². The monoisotopic (exact) mass is 193 g/mol. The normalized spacial score (nSPS) is 15.4. The molecule has 0 saturated heterocycles. The Hall–Kier alpha value is -1.58. The number of carboxylic acid groups (broad SMARTS) is 1. The summed E-state index contributed by atoms with van der Waals surface area (Å²) in [5.74, 6) is -0.545. The van der Waals surface area contributed by atoms with Crippen molar-refractivity contribution in [1.82, 2.24) is 4.57 Å². The fourth-order valence-corrected chi connectivity index (χ4v) is 1.45. The van der Waals surface area contributed by atoms with Gasteiger partial charge in [0.05, 0.1) is 0 Å². The van der Waals surface area contributed by atoms with E-state index in [9.17, 15) is 9.59 Å². The van der Waals surface area contributed by atoms with E-state index < -0.39 is 5.97 Å². The van der Waals surface area contributed by atoms with Gasteiger partial charge in [0.25, 0.3) is 5.56 Å². The van der Waals surface area contributed by atoms with Gasteiger partial charge >= 0.3 is 5.97 Å². The Balaban J connectivity index is 2.41. The van der Waals surface area contributed by atoms with Crippen LogP contribution >= 0.6 is 0 Å². The summed E-state index contributed by atoms with van der Waals surface area (Å²) in [5.41, 5.74) is -0.138. The molecule has 0 spiro atoms. The Bertz CT molecular complexity index is 418. The number of hydrogen-bond donors (Lipinski definition) is 1. The van der Waals surface area contributed by atoms with Crippen molar-refractivity contribution in [2.24, 2.45) is 5.92 Å². The summed E-state index contributed by atoms with van der Waals surface area (Å²) in [6.07, 6.45) is 2.20. The fourth-order valence-electron chi connectivity index (χ4n) is 1.45. The van der Waals surface area contributed by atoms with Gasteiger partial charge in [-0.05, 0) is 24.8 Å². The maximum absolute atomic E-state index is 11.4. The molecule has 0 radical (unpaired) electrons. The molecule has 0 aliphatic heterocycles. The zero-order chi connectivity index (χ0) is 10.1. The Kier molecular flexibility index (Phi) is 2.11. The van der Waals surface area contributed by atoms with Crippen LogP contribution in [-0.4, -0.2) is 15.6 Å². The van der Waals surface area contributed by atoms with Crippen molar-refractivity contribution in [3.8, 4) is 0 Å². The van der Waals surface area contributed by atoms with Crippen molar-refractivity contribution >= 4 is 5.97 Å². The average molecular weight is 193 g/mol. The largest absolute Gasteiger partial charge is 0.477 e. The Morgan fingerprint density at radius 2 is 2.21 bits per heavy atom. The number of pyridine rings is 1. The van der Waals surface area contributed by atoms with E-state index in [-0.39, 0.29) is 11.3 Å². The standard InChI is InChI=1S/C10H11NO3/c12-9-3-1-2-8(10(13)14)11(9)6-7-4-5-7/h1-3,7H,4-6H2,(H,13,14). The number of aromatic nitrogens is 1. The number of nitrogens with zero attached hydrogens (tertiary/aromatic N) is 1. The van der Waals surface area contributed by atoms with Crippen molar-refractivity contribution in [3.05, 3.63) is 34.2 Å². The van der Waals surface area contributed by atoms with Gasteiger partial charge in [0.1, 0.15) is 5.69 Å². The molecule has 0 bridgehead atoms. The van der Waals surface area contributed by atoms with Gasteiger partial charge < -0.3 is 9.67 Å². The van der Waals surface area contributed by atoms with Crippen molar-refractivity contribution < 1.29 is 9.90 Å². The summed E-state index contributed by atoms with van der Waals surface area (Å²) >= 11 is 0. The summed E-state index contributed by atoms with van der Waals surface area (Å²) in [7, 11) is 0. The molecule has 0 unspecified atom stereocenters. The minimum absolute atomic E-state index is 0.0874. The van der Waals surface area contributed by atoms with Crippen LogP contribution in [-0.2, 0) is 6.54 Å². The summed E-state index contributed by atoms with van der Waals surface area (Å²) in [5, 5.41) is 8.86. The highest BCUT2D eigenvalue weighted by molar-refractivity contribution is 5.85. The van der Waals surface area contributed by atoms with Crippen LogP contribution in [0.1, 0.15) is 23.3 Å². The Morgan fingerprint density at radius 1 is 1.50 bits per heavy atom. The van der Waals surface area contributed by atoms with Crippen LogP contribution in [0.5, 0.6) is 0 Å². The molecule has 1 aromatic rings. The molecule has 14 heavy (non-hydrogen) atoms. The van der Waals surface area contributed by atoms with Gasteiger partial charge in [0, 0.05) is 12.6 Å². The third kappa shape index (κ3) is 1.69. The lowest BCUT2D eigenvalue weighted by Gasteiger charge is -2.07. The number of aromatic carboxylic acids is 1. The van der Waals surface area contributed by atoms with Crippen molar-refractivity contribution in [2.75, 3.05) is 0 Å². The van der Waals surface area contributed by atoms with E-state index in [1.54, 1.807) is 0 Å². The molecule has 2 rings (SSSR count). The molecule has 1 heterocycles. The molecule has 0 atom stereocenters. The fraction of sp³-hybridized carbons (Fsp3) is 0.400. The van der Waals surface area contributed by atoms with E-state index in [0.717, 1.165) is 12.8 Å². The van der Waals surface area contributed by atoms with Crippen LogP contribution in [0.25, 0.3) is 0 Å². The zero-order valence-corrected chi connectivity index (χ0v) is 7.64. The lowest BCUT2D eigenvalue weighted by Crippen LogP contribution is -2.25. The Labute approximate surface area is 80.8 Å². The van der Waals surface area contributed by atoms with Gasteiger partial charge in [-0.2, -0.15) is 0 Å². The number of carboxylic acids is 1. The van der Waals surface area contributed by atoms with Gasteiger partial charge in [-0.1, -0.05) is 6.07 Å². The van der Waals surface area contributed by atoms with Gasteiger partial charge in [0.15, 0.2) is 0 Å². The minimum Gasteiger partial charge on any atom is -0.477 e. The van der Waals surface area contributed by atoms with Crippen LogP contribution in [0.15, 0.2) is 23.0 Å². The van der Waals surface area contributed by atoms with Gasteiger partial charge in [0.2, 0.25) is 0 Å². The van der Waals surface area contributed by atoms with E-state index in [4.69, 9.17) is 5.11 Å². The smallest absolute Gasteiger partial charge is 0.352 e. The summed E-state index contributed by atoms with van der Waals surface area (Å²) < 4.78 is 1.35. The summed E-state index contributed by atoms with van der Waals surface area (Å²) in [4.78, 5) is 22.2. The van der Waals surface area contributed by atoms with Crippen LogP contribution in [0, 0.1) is 5.92 Å². The first-order valence-corrected chi connectivity index (χ1v) is 4.61. The molecule has 1 aromatic heterocycles. The first-order chi connectivity index (χ1) is 6.68. The van der Waals surface area contributed by atoms with Gasteiger partial charge in [-0.25, -0.2) is 4.79 Å². The molecule has 74 valence electrons. The maximum atomic E-state index is 11.4. The SMILES string of the molecule is O=C(O)c1cccc(=O)n1CC1CC1. The quantitative estimate of drug-likeness (QED) is 0.777. The average Bonchev–Trinajstić information content (AvgIpc) is 2.91. The van der Waals surface area contributed by atoms with Gasteiger partial charge in [-0.3, -0.25) is 4.79 Å². The predicted octanol–water partition coefficient (Wildman–Crippen LogP) is 0.956. The summed E-state index contributed by atoms with van der Waals surface area (Å²) in [6.45, 7) is 0.543. The van der Waals surface area contributed by atoms with Crippen LogP contribution in [0.3, 0.4) is 0 Å². The van der Waals surface area contributed by atoms with E-state index in [1.807, 2.05) is 0 Å². The number of hydrogen-bond acceptors (Lipinski definition) is 2. The molecular weight excluding hydrogens is 182 g/mol. The number of rotatable bonds is 3. The van der Waals surface area contributed by atoms with Crippen LogP contribution in [0.2, 0.25) is 0 Å². The summed E-state index contributed by atoms with van der Waals surface area (Å²) in [6, 6.07) is 4.34. The second-order valence-electron chi connectivity index (χ2n) is 3.61. The molecule has 1 aliphatic carbocycles. The highest BCUT2D eigenvalue weighted by Gasteiger charge is 2.24. The maximum Gasteiger partial charge on any atom is 0.352 e. The highest BCUT2D eigenvalue weighted by atomic mass is 16.4. The molecule has 1 N–H and O–H groups in total. The lowest BCUT2D eigenvalue weighted by molar-refractivity contribution is 0.0683. The molecule has 1 fully saturated rings. The number of carbonyl (C=O) groups is 1. The predicted molar refractivity (Wildman–Crippen MR) is 50.4 cm³/mol. The third-order valence-electron chi connectivity index (χ3n) is 2.41. The van der Waals surface area contributed by atoms with Crippen LogP contribution < -0.4 is 5.56 Å². The van der Waals surface area contributed by atoms with Crippen molar-refractivity contribution in [1.29, 1.82) is 0 Å². The molecule has 0 aromatic carbocycles. The molecule has 4 heteroatoms. The first kappa shape index (κ1) is 8.99. The highest BCUT2D eigenvalue weighted by Crippen LogP contribution is 2.30. The minimum atomic E-state index is -1.04. The Morgan fingerprint density at radius 3 is 2.79 bits per heavy atom. The second-order valence-corrected chi connectivity index (χ2v) is 3.61. The molecular formula is C10H11NO3. The third-order valence-corrected chi connectivity index (χ3v) is 2.41. The van der Waals surface area contributed by atoms with Crippen molar-refractivity contribution in [2.45, 2.75) is 19.4 Å². The first-order valence-electron chi connectivity index (χ1n) is 4.61. The van der Waals surface area contributed by atoms with E-state index in [0.29, 0.717) is 12.5 Å². The van der Waals surface area contributed by atoms with Crippen molar-refractivity contribution in [3.63, 3.8) is 0 Å². The molecule has 1 saturated carbocycles. The van der Waals surface area contributed by atoms with Crippen LogP contribution in [0.4, 0.5) is 0 Å². The van der Waals surface area contributed by atoms with E-state index in [1.165, 1.54) is 22.8 Å². The van der Waals surface area contributed by atoms with E-state index >= 15 is 0 Å². The lowest BCUT2D eigenvalue weighted by atomic mass is 10.3. The second kappa shape index (κ2) is 3.29.